The van der Waals surface area contributed by atoms with Crippen LogP contribution in [0.4, 0.5) is 17.1 Å². The van der Waals surface area contributed by atoms with Crippen molar-refractivity contribution in [2.45, 2.75) is 0 Å². The van der Waals surface area contributed by atoms with Crippen LogP contribution in [0.3, 0.4) is 0 Å². The fourth-order valence-corrected chi connectivity index (χ4v) is 8.29. The highest BCUT2D eigenvalue weighted by atomic mass is 15.1. The van der Waals surface area contributed by atoms with E-state index in [2.05, 4.69) is 42.5 Å². The molecule has 0 unspecified atom stereocenters. The molecule has 0 N–H and O–H groups in total. The second-order valence-electron chi connectivity index (χ2n) is 15.1. The van der Waals surface area contributed by atoms with E-state index in [0.29, 0.717) is 16.8 Å². The summed E-state index contributed by atoms with van der Waals surface area (Å²) in [5.41, 5.74) is 6.53. The molecule has 0 aliphatic heterocycles. The van der Waals surface area contributed by atoms with E-state index in [0.717, 1.165) is 65.7 Å². The molecule has 11 aromatic carbocycles. The van der Waals surface area contributed by atoms with E-state index >= 15 is 0 Å². The predicted octanol–water partition coefficient (Wildman–Crippen LogP) is 17.0. The summed E-state index contributed by atoms with van der Waals surface area (Å²) < 4.78 is 76.6. The van der Waals surface area contributed by atoms with Gasteiger partial charge in [-0.05, 0) is 142 Å². The first-order valence-electron chi connectivity index (χ1n) is 24.3. The minimum atomic E-state index is -0.399. The number of nitrogens with zero attached hydrogens (tertiary/aromatic N) is 1. The molecule has 286 valence electrons. The van der Waals surface area contributed by atoms with Crippen molar-refractivity contribution in [3.05, 3.63) is 249 Å². The van der Waals surface area contributed by atoms with Crippen LogP contribution in [0.5, 0.6) is 0 Å². The summed E-state index contributed by atoms with van der Waals surface area (Å²) in [5.74, 6) is 0. The predicted molar refractivity (Wildman–Crippen MR) is 261 cm³/mol. The van der Waals surface area contributed by atoms with Crippen LogP contribution in [0.1, 0.15) is 11.0 Å². The van der Waals surface area contributed by atoms with E-state index in [4.69, 9.17) is 0 Å². The van der Waals surface area contributed by atoms with E-state index in [-0.39, 0.29) is 46.7 Å². The Bertz CT molecular complexity index is 3770. The van der Waals surface area contributed by atoms with Gasteiger partial charge in [0.25, 0.3) is 0 Å². The van der Waals surface area contributed by atoms with Crippen molar-refractivity contribution in [2.24, 2.45) is 0 Å². The molecule has 0 aromatic heterocycles. The zero-order valence-corrected chi connectivity index (χ0v) is 33.0. The molecule has 0 spiro atoms. The standard InChI is InChI=1S/C60H41N/c1-2-11-42(12-3-1)48-16-8-17-49(39-48)43-25-32-54(33-26-43)61(56-36-29-45(30-37-56)51-31-38-60-53(41-51)24-23-47-14-5-7-21-58(47)60)55-34-27-44(28-35-55)50-18-9-19-52(40-50)59-22-10-15-46-13-4-6-20-57(46)59/h1-41H/i25D,26D,27D,28D,32D,33D,34D,35D. The Balaban J connectivity index is 1.08. The average Bonchev–Trinajstić information content (AvgIpc) is 3.39. The van der Waals surface area contributed by atoms with Gasteiger partial charge in [0, 0.05) is 17.1 Å². The van der Waals surface area contributed by atoms with Gasteiger partial charge in [0.1, 0.15) is 0 Å². The van der Waals surface area contributed by atoms with Crippen molar-refractivity contribution in [3.63, 3.8) is 0 Å². The van der Waals surface area contributed by atoms with Crippen molar-refractivity contribution in [2.75, 3.05) is 4.90 Å². The van der Waals surface area contributed by atoms with Crippen LogP contribution >= 0.6 is 0 Å². The lowest BCUT2D eigenvalue weighted by Crippen LogP contribution is -2.09. The summed E-state index contributed by atoms with van der Waals surface area (Å²) in [4.78, 5) is 1.36. The summed E-state index contributed by atoms with van der Waals surface area (Å²) in [7, 11) is 0. The summed E-state index contributed by atoms with van der Waals surface area (Å²) in [5, 5.41) is 6.62. The van der Waals surface area contributed by atoms with Crippen LogP contribution in [0, 0.1) is 0 Å². The first kappa shape index (κ1) is 28.4. The normalized spacial score (nSPS) is 13.1. The lowest BCUT2D eigenvalue weighted by molar-refractivity contribution is 1.28. The van der Waals surface area contributed by atoms with Crippen molar-refractivity contribution in [1.82, 2.24) is 0 Å². The first-order chi connectivity index (χ1) is 33.6. The molecular weight excluding hydrogens is 735 g/mol. The van der Waals surface area contributed by atoms with E-state index in [1.807, 2.05) is 133 Å². The minimum Gasteiger partial charge on any atom is -0.311 e. The van der Waals surface area contributed by atoms with Gasteiger partial charge in [0.15, 0.2) is 0 Å². The van der Waals surface area contributed by atoms with Crippen molar-refractivity contribution in [3.8, 4) is 55.6 Å². The number of benzene rings is 11. The smallest absolute Gasteiger partial charge is 0.0645 e. The molecular formula is C60H41N. The zero-order chi connectivity index (χ0) is 47.5. The molecule has 0 bridgehead atoms. The van der Waals surface area contributed by atoms with Gasteiger partial charge in [-0.25, -0.2) is 0 Å². The summed E-state index contributed by atoms with van der Waals surface area (Å²) >= 11 is 0. The Morgan fingerprint density at radius 1 is 0.246 bits per heavy atom. The van der Waals surface area contributed by atoms with E-state index < -0.39 is 24.2 Å². The largest absolute Gasteiger partial charge is 0.311 e. The number of rotatable bonds is 8. The van der Waals surface area contributed by atoms with Gasteiger partial charge in [-0.3, -0.25) is 0 Å². The molecule has 0 fully saturated rings. The lowest BCUT2D eigenvalue weighted by atomic mass is 9.95. The summed E-state index contributed by atoms with van der Waals surface area (Å²) in [6, 6.07) is 61.9. The Hall–Kier alpha value is -8.00. The van der Waals surface area contributed by atoms with E-state index in [9.17, 15) is 11.0 Å². The fraction of sp³-hybridized carbons (Fsp3) is 0. The van der Waals surface area contributed by atoms with Crippen LogP contribution < -0.4 is 4.90 Å². The van der Waals surface area contributed by atoms with Crippen molar-refractivity contribution >= 4 is 49.4 Å². The highest BCUT2D eigenvalue weighted by Crippen LogP contribution is 2.39. The van der Waals surface area contributed by atoms with Crippen LogP contribution in [0.2, 0.25) is 0 Å². The number of hydrogen-bond acceptors (Lipinski definition) is 1. The van der Waals surface area contributed by atoms with Crippen molar-refractivity contribution < 1.29 is 11.0 Å². The minimum absolute atomic E-state index is 0.100. The molecule has 61 heavy (non-hydrogen) atoms. The van der Waals surface area contributed by atoms with Gasteiger partial charge in [-0.2, -0.15) is 0 Å². The molecule has 0 atom stereocenters. The Kier molecular flexibility index (Phi) is 7.29. The van der Waals surface area contributed by atoms with Crippen LogP contribution in [0.25, 0.3) is 88.0 Å². The second-order valence-corrected chi connectivity index (χ2v) is 15.1. The summed E-state index contributed by atoms with van der Waals surface area (Å²) in [6.45, 7) is 0. The molecule has 0 saturated heterocycles. The Morgan fingerprint density at radius 2 is 0.689 bits per heavy atom. The topological polar surface area (TPSA) is 3.24 Å². The van der Waals surface area contributed by atoms with E-state index in [1.165, 1.54) is 4.90 Å². The van der Waals surface area contributed by atoms with Gasteiger partial charge in [0.05, 0.1) is 11.0 Å². The van der Waals surface area contributed by atoms with Gasteiger partial charge < -0.3 is 4.90 Å². The maximum atomic E-state index is 9.67. The molecule has 1 nitrogen and oxygen atoms in total. The van der Waals surface area contributed by atoms with Gasteiger partial charge in [-0.15, -0.1) is 0 Å². The van der Waals surface area contributed by atoms with Crippen LogP contribution in [0.15, 0.2) is 249 Å². The highest BCUT2D eigenvalue weighted by molar-refractivity contribution is 6.08. The molecule has 0 aliphatic carbocycles. The third kappa shape index (κ3) is 7.03. The summed E-state index contributed by atoms with van der Waals surface area (Å²) in [6.07, 6.45) is 0. The molecule has 0 heterocycles. The molecule has 0 amide bonds. The maximum absolute atomic E-state index is 9.67. The third-order valence-electron chi connectivity index (χ3n) is 11.4. The Labute approximate surface area is 368 Å². The second kappa shape index (κ2) is 15.6. The number of anilines is 3. The van der Waals surface area contributed by atoms with Crippen LogP contribution in [-0.2, 0) is 0 Å². The lowest BCUT2D eigenvalue weighted by Gasteiger charge is -2.26. The molecule has 11 rings (SSSR count). The fourth-order valence-electron chi connectivity index (χ4n) is 8.29. The monoisotopic (exact) mass is 783 g/mol. The number of fused-ring (bicyclic) bond motifs is 4. The highest BCUT2D eigenvalue weighted by Gasteiger charge is 2.15. The molecule has 0 saturated carbocycles. The quantitative estimate of drug-likeness (QED) is 0.139. The van der Waals surface area contributed by atoms with E-state index in [1.54, 1.807) is 24.3 Å². The maximum Gasteiger partial charge on any atom is 0.0645 e. The third-order valence-corrected chi connectivity index (χ3v) is 11.4. The Morgan fingerprint density at radius 3 is 1.38 bits per heavy atom. The van der Waals surface area contributed by atoms with Crippen molar-refractivity contribution in [1.29, 1.82) is 0 Å². The molecule has 0 radical (unpaired) electrons. The zero-order valence-electron chi connectivity index (χ0n) is 41.0. The average molecular weight is 784 g/mol. The SMILES string of the molecule is [2H]c1c([2H])c(N(c2ccc(-c3ccc4c(ccc5ccccc54)c3)cc2)c2c([2H])c([2H])c(-c3cccc(-c4cccc5ccccc45)c3)c([2H])c2[2H])c([2H])c([2H])c1-c1cccc(-c2ccccc2)c1. The van der Waals surface area contributed by atoms with Gasteiger partial charge in [0.2, 0.25) is 0 Å². The first-order valence-corrected chi connectivity index (χ1v) is 20.3. The molecule has 11 aromatic rings. The number of hydrogen-bond donors (Lipinski definition) is 0. The van der Waals surface area contributed by atoms with Gasteiger partial charge in [-0.1, -0.05) is 194 Å². The van der Waals surface area contributed by atoms with Crippen LogP contribution in [-0.4, -0.2) is 0 Å². The molecule has 1 heteroatoms. The van der Waals surface area contributed by atoms with Gasteiger partial charge >= 0.3 is 0 Å². The molecule has 0 aliphatic rings.